The van der Waals surface area contributed by atoms with Crippen molar-refractivity contribution in [1.29, 1.82) is 10.5 Å². The van der Waals surface area contributed by atoms with Crippen LogP contribution in [0.25, 0.3) is 5.65 Å². The maximum Gasteiger partial charge on any atom is 0.247 e. The lowest BCUT2D eigenvalue weighted by molar-refractivity contribution is -0.133. The molecule has 5 heterocycles. The summed E-state index contributed by atoms with van der Waals surface area (Å²) in [7, 11) is 2.10. The molecule has 3 aliphatic rings. The van der Waals surface area contributed by atoms with Gasteiger partial charge in [-0.3, -0.25) is 9.48 Å². The van der Waals surface area contributed by atoms with Gasteiger partial charge in [0.1, 0.15) is 6.54 Å². The summed E-state index contributed by atoms with van der Waals surface area (Å²) in [4.78, 5) is 24.3. The number of piperidine rings is 1. The number of likely N-dealkylation sites (tertiary alicyclic amines) is 1. The molecule has 236 valence electrons. The molecule has 0 spiro atoms. The van der Waals surface area contributed by atoms with Crippen LogP contribution < -0.4 is 10.2 Å². The molecule has 1 aromatic carbocycles. The summed E-state index contributed by atoms with van der Waals surface area (Å²) >= 11 is 6.27. The number of fused-ring (bicyclic) bond motifs is 1. The van der Waals surface area contributed by atoms with Gasteiger partial charge in [0.25, 0.3) is 0 Å². The Labute approximate surface area is 272 Å². The molecule has 1 N–H and O–H groups in total. The number of nitrogens with zero attached hydrogens (tertiary/aromatic N) is 10. The predicted octanol–water partition coefficient (Wildman–Crippen LogP) is 4.22. The van der Waals surface area contributed by atoms with Crippen molar-refractivity contribution in [2.75, 3.05) is 50.0 Å². The van der Waals surface area contributed by atoms with Crippen LogP contribution in [0.1, 0.15) is 37.7 Å². The van der Waals surface area contributed by atoms with Crippen LogP contribution >= 0.6 is 11.6 Å². The highest BCUT2D eigenvalue weighted by atomic mass is 35.5. The van der Waals surface area contributed by atoms with E-state index in [4.69, 9.17) is 16.6 Å². The number of amides is 1. The zero-order valence-corrected chi connectivity index (χ0v) is 26.6. The van der Waals surface area contributed by atoms with E-state index in [1.165, 1.54) is 0 Å². The first-order chi connectivity index (χ1) is 22.3. The maximum atomic E-state index is 13.1. The Morgan fingerprint density at radius 3 is 2.70 bits per heavy atom. The predicted molar refractivity (Wildman–Crippen MR) is 174 cm³/mol. The van der Waals surface area contributed by atoms with Gasteiger partial charge in [-0.05, 0) is 62.6 Å². The number of rotatable bonds is 10. The minimum absolute atomic E-state index is 0.0433. The van der Waals surface area contributed by atoms with Crippen molar-refractivity contribution in [1.82, 2.24) is 34.2 Å². The van der Waals surface area contributed by atoms with Gasteiger partial charge >= 0.3 is 0 Å². The fraction of sp³-hybridized carbons (Fsp3) is 0.455. The number of nitrogens with one attached hydrogen (secondary N) is 1. The molecule has 1 amide bonds. The summed E-state index contributed by atoms with van der Waals surface area (Å²) in [5.41, 5.74) is 2.97. The van der Waals surface area contributed by atoms with E-state index in [9.17, 15) is 15.3 Å². The highest BCUT2D eigenvalue weighted by molar-refractivity contribution is 6.30. The van der Waals surface area contributed by atoms with Gasteiger partial charge < -0.3 is 20.0 Å². The van der Waals surface area contributed by atoms with E-state index >= 15 is 0 Å². The molecule has 1 aliphatic carbocycles. The van der Waals surface area contributed by atoms with Gasteiger partial charge in [0.05, 0.1) is 35.1 Å². The quantitative estimate of drug-likeness (QED) is 0.271. The van der Waals surface area contributed by atoms with Gasteiger partial charge in [-0.1, -0.05) is 23.7 Å². The SMILES string of the molecule is CN(CC1(C#N)CC1)C1CCN(C(=O)Cn2cc(Nc3nc4c(N5CC(CC#N)(c6cccc(Cl)c6)C5)cccn4n3)cn2)CC1. The molecule has 4 aromatic rings. The van der Waals surface area contributed by atoms with E-state index < -0.39 is 0 Å². The number of halogens is 1. The van der Waals surface area contributed by atoms with Crippen LogP contribution in [0.2, 0.25) is 5.02 Å². The molecule has 3 aromatic heterocycles. The molecule has 13 heteroatoms. The van der Waals surface area contributed by atoms with Crippen LogP contribution in [0.4, 0.5) is 17.3 Å². The van der Waals surface area contributed by atoms with Gasteiger partial charge in [0, 0.05) is 68.0 Å². The number of pyridine rings is 1. The molecule has 7 rings (SSSR count). The zero-order chi connectivity index (χ0) is 31.9. The average molecular weight is 638 g/mol. The van der Waals surface area contributed by atoms with Crippen LogP contribution in [0.15, 0.2) is 55.0 Å². The average Bonchev–Trinajstić information content (AvgIpc) is 3.46. The lowest BCUT2D eigenvalue weighted by atomic mass is 9.71. The second-order valence-corrected chi connectivity index (χ2v) is 13.5. The monoisotopic (exact) mass is 637 g/mol. The lowest BCUT2D eigenvalue weighted by Crippen LogP contribution is -2.59. The lowest BCUT2D eigenvalue weighted by Gasteiger charge is -2.50. The van der Waals surface area contributed by atoms with Crippen molar-refractivity contribution >= 4 is 40.5 Å². The molecule has 3 fully saturated rings. The van der Waals surface area contributed by atoms with Crippen molar-refractivity contribution in [2.45, 2.75) is 50.1 Å². The van der Waals surface area contributed by atoms with Crippen molar-refractivity contribution in [3.8, 4) is 12.1 Å². The fourth-order valence-electron chi connectivity index (χ4n) is 6.91. The minimum atomic E-state index is -0.288. The normalized spacial score (nSPS) is 18.6. The highest BCUT2D eigenvalue weighted by Gasteiger charge is 2.46. The molecule has 0 unspecified atom stereocenters. The molecule has 12 nitrogen and oxygen atoms in total. The smallest absolute Gasteiger partial charge is 0.247 e. The largest absolute Gasteiger partial charge is 0.366 e. The summed E-state index contributed by atoms with van der Waals surface area (Å²) in [6.07, 6.45) is 9.53. The first kappa shape index (κ1) is 30.0. The van der Waals surface area contributed by atoms with E-state index in [1.807, 2.05) is 47.5 Å². The molecule has 1 saturated carbocycles. The van der Waals surface area contributed by atoms with Crippen molar-refractivity contribution in [3.05, 3.63) is 65.6 Å². The van der Waals surface area contributed by atoms with E-state index in [-0.39, 0.29) is 23.3 Å². The van der Waals surface area contributed by atoms with Crippen LogP contribution in [0, 0.1) is 28.1 Å². The van der Waals surface area contributed by atoms with Crippen LogP contribution in [0.3, 0.4) is 0 Å². The van der Waals surface area contributed by atoms with Gasteiger partial charge in [0.15, 0.2) is 5.65 Å². The van der Waals surface area contributed by atoms with Crippen molar-refractivity contribution in [2.24, 2.45) is 5.41 Å². The van der Waals surface area contributed by atoms with E-state index in [2.05, 4.69) is 44.5 Å². The Balaban J connectivity index is 0.958. The highest BCUT2D eigenvalue weighted by Crippen LogP contribution is 2.46. The summed E-state index contributed by atoms with van der Waals surface area (Å²) in [5, 5.41) is 31.9. The third kappa shape index (κ3) is 5.86. The van der Waals surface area contributed by atoms with Crippen molar-refractivity contribution < 1.29 is 4.79 Å². The Hall–Kier alpha value is -4.65. The number of hydrogen-bond acceptors (Lipinski definition) is 9. The Kier molecular flexibility index (Phi) is 7.79. The van der Waals surface area contributed by atoms with Gasteiger partial charge in [-0.2, -0.15) is 20.6 Å². The standard InChI is InChI=1S/C33H36ClN11O/c1-41(21-32(20-36)9-10-32)27-7-14-42(15-8-27)29(46)19-44-18-26(17-37-44)38-31-39-30-28(6-3-13-45(30)40-31)43-22-33(23-43,11-12-35)24-4-2-5-25(34)16-24/h2-6,13,16-18,27H,7-11,14-15,19,21-23H2,1H3,(H,38,40). The summed E-state index contributed by atoms with van der Waals surface area (Å²) in [6.45, 7) is 3.75. The summed E-state index contributed by atoms with van der Waals surface area (Å²) in [5.74, 6) is 0.467. The fourth-order valence-corrected chi connectivity index (χ4v) is 7.10. The van der Waals surface area contributed by atoms with E-state index in [0.717, 1.165) is 43.5 Å². The summed E-state index contributed by atoms with van der Waals surface area (Å²) in [6, 6.07) is 17.0. The maximum absolute atomic E-state index is 13.1. The molecule has 2 saturated heterocycles. The molecule has 2 aliphatic heterocycles. The van der Waals surface area contributed by atoms with E-state index in [0.29, 0.717) is 60.9 Å². The first-order valence-electron chi connectivity index (χ1n) is 15.7. The molecule has 0 radical (unpaired) electrons. The van der Waals surface area contributed by atoms with Crippen LogP contribution in [-0.4, -0.2) is 85.9 Å². The molecular formula is C33H36ClN11O. The molecule has 0 bridgehead atoms. The zero-order valence-electron chi connectivity index (χ0n) is 25.8. The van der Waals surface area contributed by atoms with Gasteiger partial charge in [-0.25, -0.2) is 4.52 Å². The molecule has 0 atom stereocenters. The number of hydrogen-bond donors (Lipinski definition) is 1. The number of carbonyl (C=O) groups excluding carboxylic acids is 1. The second kappa shape index (κ2) is 11.9. The van der Waals surface area contributed by atoms with Crippen LogP contribution in [0.5, 0.6) is 0 Å². The third-order valence-corrected chi connectivity index (χ3v) is 10.0. The number of carbonyl (C=O) groups is 1. The number of nitriles is 2. The number of anilines is 3. The summed E-state index contributed by atoms with van der Waals surface area (Å²) < 4.78 is 3.37. The van der Waals surface area contributed by atoms with E-state index in [1.54, 1.807) is 21.6 Å². The Morgan fingerprint density at radius 1 is 1.17 bits per heavy atom. The van der Waals surface area contributed by atoms with Crippen LogP contribution in [-0.2, 0) is 16.8 Å². The topological polar surface area (TPSA) is 134 Å². The van der Waals surface area contributed by atoms with Gasteiger partial charge in [-0.15, -0.1) is 5.10 Å². The van der Waals surface area contributed by atoms with Crippen molar-refractivity contribution in [3.63, 3.8) is 0 Å². The third-order valence-electron chi connectivity index (χ3n) is 9.79. The number of benzene rings is 1. The first-order valence-corrected chi connectivity index (χ1v) is 16.1. The minimum Gasteiger partial charge on any atom is -0.366 e. The second-order valence-electron chi connectivity index (χ2n) is 13.0. The number of aromatic nitrogens is 5. The Morgan fingerprint density at radius 2 is 1.98 bits per heavy atom. The molecular weight excluding hydrogens is 602 g/mol. The van der Waals surface area contributed by atoms with Gasteiger partial charge in [0.2, 0.25) is 11.9 Å². The Bertz CT molecular complexity index is 1830. The molecule has 46 heavy (non-hydrogen) atoms.